The fraction of sp³-hybridized carbons (Fsp3) is 0.615. The molecule has 1 aromatic heterocycles. The van der Waals surface area contributed by atoms with Crippen LogP contribution in [0.15, 0.2) is 28.9 Å². The Morgan fingerprint density at radius 1 is 1.16 bits per heavy atom. The van der Waals surface area contributed by atoms with E-state index in [4.69, 9.17) is 14.9 Å². The van der Waals surface area contributed by atoms with Gasteiger partial charge in [-0.25, -0.2) is 4.98 Å². The Labute approximate surface area is 193 Å². The summed E-state index contributed by atoms with van der Waals surface area (Å²) in [6, 6.07) is 6.32. The van der Waals surface area contributed by atoms with Crippen LogP contribution in [0.5, 0.6) is 5.75 Å². The first kappa shape index (κ1) is 25.9. The number of rotatable bonds is 12. The first-order chi connectivity index (χ1) is 15.0. The maximum absolute atomic E-state index is 12.2. The van der Waals surface area contributed by atoms with Crippen LogP contribution in [0.25, 0.3) is 0 Å². The number of hydrogen-bond donors (Lipinski definition) is 2. The summed E-state index contributed by atoms with van der Waals surface area (Å²) in [4.78, 5) is 16.3. The number of unbranched alkanes of at least 4 members (excludes halogenated alkanes) is 1. The SMILES string of the molecule is CCC(C)(C)c1ccc(OCCCCNC(=O)c2coc(C(C)N)n2)c(C(C)(C)CC)c1. The molecular formula is C26H41N3O3. The van der Waals surface area contributed by atoms with Gasteiger partial charge in [0.15, 0.2) is 5.69 Å². The van der Waals surface area contributed by atoms with Crippen LogP contribution in [0.3, 0.4) is 0 Å². The molecule has 1 atom stereocenters. The van der Waals surface area contributed by atoms with E-state index in [9.17, 15) is 4.79 Å². The number of nitrogens with zero attached hydrogens (tertiary/aromatic N) is 1. The maximum atomic E-state index is 12.2. The van der Waals surface area contributed by atoms with Crippen LogP contribution in [0, 0.1) is 0 Å². The number of benzene rings is 1. The number of oxazole rings is 1. The Morgan fingerprint density at radius 2 is 1.84 bits per heavy atom. The number of aromatic nitrogens is 1. The standard InChI is InChI=1S/C26H41N3O3/c1-8-25(4,5)19-12-13-22(20(16-19)26(6,7)9-2)31-15-11-10-14-28-23(30)21-17-32-24(29-21)18(3)27/h12-13,16-18H,8-11,14-15,27H2,1-7H3,(H,28,30). The highest BCUT2D eigenvalue weighted by atomic mass is 16.5. The van der Waals surface area contributed by atoms with Gasteiger partial charge in [-0.3, -0.25) is 4.79 Å². The molecule has 3 N–H and O–H groups in total. The van der Waals surface area contributed by atoms with Crippen LogP contribution in [-0.2, 0) is 10.8 Å². The fourth-order valence-electron chi connectivity index (χ4n) is 3.30. The second-order valence-corrected chi connectivity index (χ2v) is 9.86. The minimum absolute atomic E-state index is 0.0423. The van der Waals surface area contributed by atoms with Gasteiger partial charge in [0, 0.05) is 12.1 Å². The van der Waals surface area contributed by atoms with Crippen LogP contribution in [0.1, 0.15) is 108 Å². The molecule has 0 saturated heterocycles. The number of nitrogens with one attached hydrogen (secondary N) is 1. The Hall–Kier alpha value is -2.34. The molecule has 6 heteroatoms. The van der Waals surface area contributed by atoms with E-state index in [1.807, 2.05) is 0 Å². The lowest BCUT2D eigenvalue weighted by atomic mass is 9.76. The average Bonchev–Trinajstić information content (AvgIpc) is 3.26. The average molecular weight is 444 g/mol. The zero-order chi connectivity index (χ0) is 23.9. The van der Waals surface area contributed by atoms with E-state index >= 15 is 0 Å². The molecule has 0 radical (unpaired) electrons. The maximum Gasteiger partial charge on any atom is 0.273 e. The second-order valence-electron chi connectivity index (χ2n) is 9.86. The highest BCUT2D eigenvalue weighted by Gasteiger charge is 2.26. The van der Waals surface area contributed by atoms with Gasteiger partial charge < -0.3 is 20.2 Å². The largest absolute Gasteiger partial charge is 0.493 e. The molecule has 0 saturated carbocycles. The molecule has 2 rings (SSSR count). The zero-order valence-electron chi connectivity index (χ0n) is 20.9. The third-order valence-corrected chi connectivity index (χ3v) is 6.52. The van der Waals surface area contributed by atoms with Crippen LogP contribution >= 0.6 is 0 Å². The summed E-state index contributed by atoms with van der Waals surface area (Å²) in [5.74, 6) is 1.08. The van der Waals surface area contributed by atoms with Crippen molar-refractivity contribution in [1.29, 1.82) is 0 Å². The Balaban J connectivity index is 1.89. The summed E-state index contributed by atoms with van der Waals surface area (Å²) in [5, 5.41) is 2.87. The molecule has 32 heavy (non-hydrogen) atoms. The quantitative estimate of drug-likeness (QED) is 0.413. The lowest BCUT2D eigenvalue weighted by molar-refractivity contribution is 0.0947. The molecule has 1 aromatic carbocycles. The normalized spacial score (nSPS) is 13.1. The van der Waals surface area contributed by atoms with Crippen molar-refractivity contribution in [3.05, 3.63) is 47.2 Å². The summed E-state index contributed by atoms with van der Waals surface area (Å²) in [6.45, 7) is 16.5. The second kappa shape index (κ2) is 11.0. The van der Waals surface area contributed by atoms with Crippen molar-refractivity contribution in [2.24, 2.45) is 5.73 Å². The van der Waals surface area contributed by atoms with E-state index in [1.54, 1.807) is 6.92 Å². The third-order valence-electron chi connectivity index (χ3n) is 6.52. The number of ether oxygens (including phenoxy) is 1. The molecule has 0 spiro atoms. The van der Waals surface area contributed by atoms with Crippen LogP contribution in [0.2, 0.25) is 0 Å². The van der Waals surface area contributed by atoms with Gasteiger partial charge in [-0.15, -0.1) is 0 Å². The molecule has 0 fully saturated rings. The molecule has 178 valence electrons. The highest BCUT2D eigenvalue weighted by molar-refractivity contribution is 5.91. The van der Waals surface area contributed by atoms with Crippen molar-refractivity contribution in [2.75, 3.05) is 13.2 Å². The molecule has 0 aliphatic carbocycles. The van der Waals surface area contributed by atoms with E-state index < -0.39 is 0 Å². The van der Waals surface area contributed by atoms with Gasteiger partial charge in [-0.2, -0.15) is 0 Å². The smallest absolute Gasteiger partial charge is 0.273 e. The molecular weight excluding hydrogens is 402 g/mol. The van der Waals surface area contributed by atoms with Crippen LogP contribution in [-0.4, -0.2) is 24.0 Å². The van der Waals surface area contributed by atoms with Crippen molar-refractivity contribution in [3.63, 3.8) is 0 Å². The minimum Gasteiger partial charge on any atom is -0.493 e. The van der Waals surface area contributed by atoms with Gasteiger partial charge in [0.1, 0.15) is 12.0 Å². The first-order valence-electron chi connectivity index (χ1n) is 11.8. The molecule has 0 aliphatic rings. The zero-order valence-corrected chi connectivity index (χ0v) is 20.9. The number of nitrogens with two attached hydrogens (primary N) is 1. The predicted molar refractivity (Wildman–Crippen MR) is 129 cm³/mol. The lowest BCUT2D eigenvalue weighted by Crippen LogP contribution is -2.25. The molecule has 1 heterocycles. The Morgan fingerprint density at radius 3 is 2.44 bits per heavy atom. The van der Waals surface area contributed by atoms with Gasteiger partial charge in [0.25, 0.3) is 5.91 Å². The monoisotopic (exact) mass is 443 g/mol. The topological polar surface area (TPSA) is 90.4 Å². The van der Waals surface area contributed by atoms with Gasteiger partial charge in [-0.1, -0.05) is 53.7 Å². The van der Waals surface area contributed by atoms with Crippen LogP contribution in [0.4, 0.5) is 0 Å². The Bertz CT molecular complexity index is 884. The van der Waals surface area contributed by atoms with Crippen molar-refractivity contribution in [3.8, 4) is 5.75 Å². The first-order valence-corrected chi connectivity index (χ1v) is 11.8. The molecule has 0 bridgehead atoms. The van der Waals surface area contributed by atoms with Crippen LogP contribution < -0.4 is 15.8 Å². The lowest BCUT2D eigenvalue weighted by Gasteiger charge is -2.30. The number of carbonyl (C=O) groups is 1. The summed E-state index contributed by atoms with van der Waals surface area (Å²) in [5.41, 5.74) is 8.77. The highest BCUT2D eigenvalue weighted by Crippen LogP contribution is 2.38. The molecule has 2 aromatic rings. The molecule has 1 unspecified atom stereocenters. The summed E-state index contributed by atoms with van der Waals surface area (Å²) in [6.07, 6.45) is 5.14. The predicted octanol–water partition coefficient (Wildman–Crippen LogP) is 5.66. The van der Waals surface area contributed by atoms with Gasteiger partial charge in [0.2, 0.25) is 5.89 Å². The van der Waals surface area contributed by atoms with E-state index in [0.717, 1.165) is 31.4 Å². The summed E-state index contributed by atoms with van der Waals surface area (Å²) >= 11 is 0. The molecule has 0 aliphatic heterocycles. The number of amides is 1. The fourth-order valence-corrected chi connectivity index (χ4v) is 3.30. The van der Waals surface area contributed by atoms with Crippen molar-refractivity contribution < 1.29 is 13.9 Å². The van der Waals surface area contributed by atoms with Gasteiger partial charge in [-0.05, 0) is 55.1 Å². The van der Waals surface area contributed by atoms with E-state index in [-0.39, 0.29) is 28.5 Å². The molecule has 6 nitrogen and oxygen atoms in total. The van der Waals surface area contributed by atoms with E-state index in [1.165, 1.54) is 17.4 Å². The van der Waals surface area contributed by atoms with Crippen molar-refractivity contribution in [2.45, 2.75) is 91.0 Å². The number of hydrogen-bond acceptors (Lipinski definition) is 5. The van der Waals surface area contributed by atoms with Gasteiger partial charge in [0.05, 0.1) is 12.6 Å². The van der Waals surface area contributed by atoms with Crippen molar-refractivity contribution >= 4 is 5.91 Å². The molecule has 1 amide bonds. The van der Waals surface area contributed by atoms with E-state index in [2.05, 4.69) is 70.0 Å². The summed E-state index contributed by atoms with van der Waals surface area (Å²) in [7, 11) is 0. The summed E-state index contributed by atoms with van der Waals surface area (Å²) < 4.78 is 11.4. The van der Waals surface area contributed by atoms with Crippen molar-refractivity contribution in [1.82, 2.24) is 10.3 Å². The third kappa shape index (κ3) is 6.58. The van der Waals surface area contributed by atoms with Gasteiger partial charge >= 0.3 is 0 Å². The number of carbonyl (C=O) groups excluding carboxylic acids is 1. The van der Waals surface area contributed by atoms with E-state index in [0.29, 0.717) is 19.0 Å². The Kier molecular flexibility index (Phi) is 8.90. The minimum atomic E-state index is -0.335.